The van der Waals surface area contributed by atoms with E-state index in [1.807, 2.05) is 19.1 Å². The minimum absolute atomic E-state index is 0.0366. The molecule has 1 heterocycles. The van der Waals surface area contributed by atoms with E-state index in [4.69, 9.17) is 10.5 Å². The molecule has 0 saturated carbocycles. The number of amides is 1. The predicted octanol–water partition coefficient (Wildman–Crippen LogP) is 4.65. The fraction of sp³-hybridized carbons (Fsp3) is 0.320. The van der Waals surface area contributed by atoms with Crippen LogP contribution in [-0.2, 0) is 15.0 Å². The van der Waals surface area contributed by atoms with E-state index in [1.54, 1.807) is 12.1 Å². The van der Waals surface area contributed by atoms with Crippen molar-refractivity contribution in [3.8, 4) is 5.75 Å². The molecule has 0 bridgehead atoms. The van der Waals surface area contributed by atoms with Crippen molar-refractivity contribution < 1.29 is 28.5 Å². The van der Waals surface area contributed by atoms with Crippen LogP contribution >= 0.6 is 10.8 Å². The highest BCUT2D eigenvalue weighted by Gasteiger charge is 2.46. The molecule has 0 radical (unpaired) electrons. The number of nitrogens with zero attached hydrogens (tertiary/aromatic N) is 1. The van der Waals surface area contributed by atoms with Crippen molar-refractivity contribution in [2.45, 2.75) is 43.9 Å². The van der Waals surface area contributed by atoms with Gasteiger partial charge in [-0.2, -0.15) is 0 Å². The molecular formula is C25H29N3O6S. The average Bonchev–Trinajstić information content (AvgIpc) is 2.80. The van der Waals surface area contributed by atoms with Gasteiger partial charge in [0.05, 0.1) is 11.1 Å². The number of amidine groups is 1. The highest BCUT2D eigenvalue weighted by Crippen LogP contribution is 2.57. The maximum Gasteiger partial charge on any atom is 0.255 e. The minimum Gasteiger partial charge on any atom is -0.506 e. The van der Waals surface area contributed by atoms with Crippen molar-refractivity contribution >= 4 is 39.7 Å². The van der Waals surface area contributed by atoms with E-state index in [0.717, 1.165) is 12.0 Å². The van der Waals surface area contributed by atoms with Crippen molar-refractivity contribution in [1.29, 1.82) is 0 Å². The van der Waals surface area contributed by atoms with Gasteiger partial charge in [-0.25, -0.2) is 0 Å². The number of nitrogens with two attached hydrogens (primary N) is 1. The normalized spacial score (nSPS) is 21.5. The molecule has 0 fully saturated rings. The number of primary amides is 1. The van der Waals surface area contributed by atoms with E-state index in [9.17, 15) is 23.8 Å². The smallest absolute Gasteiger partial charge is 0.255 e. The standard InChI is InChI=1S/C25H29N3O6S/c1-14(2)10-11-25(3)17-7-5-4-6-16(17)22(30)21(23(25)31)24-27-18-9-8-15(34-13-20(26)29)12-19(18)35(32,33)28-24/h4-9,12,14,30,32-33H,10-11,13H2,1-3H3,(H2,26,29)(H,27,28)/t25-/m1/s1. The summed E-state index contributed by atoms with van der Waals surface area (Å²) in [6.45, 7) is 5.64. The number of aliphatic hydroxyl groups excluding tert-OH is 1. The molecule has 2 aliphatic rings. The first kappa shape index (κ1) is 24.8. The van der Waals surface area contributed by atoms with Crippen LogP contribution in [0.2, 0.25) is 0 Å². The topological polar surface area (TPSA) is 154 Å². The van der Waals surface area contributed by atoms with Crippen LogP contribution in [0.25, 0.3) is 5.76 Å². The lowest BCUT2D eigenvalue weighted by Crippen LogP contribution is -2.42. The zero-order valence-corrected chi connectivity index (χ0v) is 20.6. The zero-order chi connectivity index (χ0) is 25.5. The number of rotatable bonds is 7. The first-order chi connectivity index (χ1) is 16.4. The van der Waals surface area contributed by atoms with Gasteiger partial charge in [-0.1, -0.05) is 48.9 Å². The summed E-state index contributed by atoms with van der Waals surface area (Å²) in [6, 6.07) is 11.6. The number of benzene rings is 2. The molecule has 2 aromatic rings. The van der Waals surface area contributed by atoms with Crippen LogP contribution in [0, 0.1) is 5.92 Å². The SMILES string of the molecule is CC(C)CC[C@@]1(C)C(=O)C(C2=NS(O)(O)c3cc(OCC(N)=O)ccc3N2)=C(O)c2ccccc21. The van der Waals surface area contributed by atoms with Gasteiger partial charge in [0.15, 0.2) is 18.2 Å². The molecule has 4 rings (SSSR count). The molecule has 9 nitrogen and oxygen atoms in total. The van der Waals surface area contributed by atoms with Crippen molar-refractivity contribution in [3.63, 3.8) is 0 Å². The van der Waals surface area contributed by atoms with Gasteiger partial charge in [0.25, 0.3) is 5.91 Å². The third-order valence-electron chi connectivity index (χ3n) is 6.30. The highest BCUT2D eigenvalue weighted by atomic mass is 32.3. The molecule has 1 atom stereocenters. The molecule has 6 N–H and O–H groups in total. The second kappa shape index (κ2) is 9.03. The van der Waals surface area contributed by atoms with Crippen LogP contribution in [0.4, 0.5) is 5.69 Å². The lowest BCUT2D eigenvalue weighted by molar-refractivity contribution is -0.121. The molecule has 10 heteroatoms. The van der Waals surface area contributed by atoms with Gasteiger partial charge in [-0.15, -0.1) is 4.40 Å². The lowest BCUT2D eigenvalue weighted by atomic mass is 9.66. The van der Waals surface area contributed by atoms with Crippen LogP contribution in [0.15, 0.2) is 57.3 Å². The Balaban J connectivity index is 1.79. The van der Waals surface area contributed by atoms with Gasteiger partial charge >= 0.3 is 0 Å². The first-order valence-electron chi connectivity index (χ1n) is 11.2. The van der Waals surface area contributed by atoms with Gasteiger partial charge < -0.3 is 20.9 Å². The first-order valence-corrected chi connectivity index (χ1v) is 12.7. The van der Waals surface area contributed by atoms with Crippen molar-refractivity contribution in [2.24, 2.45) is 16.0 Å². The number of anilines is 1. The van der Waals surface area contributed by atoms with Crippen LogP contribution in [0.3, 0.4) is 0 Å². The van der Waals surface area contributed by atoms with Crippen molar-refractivity contribution in [2.75, 3.05) is 11.9 Å². The molecule has 35 heavy (non-hydrogen) atoms. The maximum absolute atomic E-state index is 13.9. The van der Waals surface area contributed by atoms with Crippen LogP contribution < -0.4 is 15.8 Å². The Morgan fingerprint density at radius 3 is 2.63 bits per heavy atom. The minimum atomic E-state index is -3.76. The van der Waals surface area contributed by atoms with Crippen molar-refractivity contribution in [3.05, 3.63) is 59.2 Å². The average molecular weight is 500 g/mol. The fourth-order valence-electron chi connectivity index (χ4n) is 4.37. The van der Waals surface area contributed by atoms with Crippen LogP contribution in [0.1, 0.15) is 44.7 Å². The van der Waals surface area contributed by atoms with Crippen molar-refractivity contribution in [1.82, 2.24) is 0 Å². The third kappa shape index (κ3) is 4.52. The Morgan fingerprint density at radius 2 is 1.94 bits per heavy atom. The van der Waals surface area contributed by atoms with E-state index in [1.165, 1.54) is 18.2 Å². The summed E-state index contributed by atoms with van der Waals surface area (Å²) in [6.07, 6.45) is 1.34. The Kier molecular flexibility index (Phi) is 6.39. The highest BCUT2D eigenvalue weighted by molar-refractivity contribution is 8.23. The Morgan fingerprint density at radius 1 is 1.23 bits per heavy atom. The quantitative estimate of drug-likeness (QED) is 0.371. The van der Waals surface area contributed by atoms with Gasteiger partial charge in [0.2, 0.25) is 0 Å². The van der Waals surface area contributed by atoms with Gasteiger partial charge in [0, 0.05) is 11.6 Å². The summed E-state index contributed by atoms with van der Waals surface area (Å²) in [5, 5.41) is 14.1. The molecule has 2 aromatic carbocycles. The monoisotopic (exact) mass is 499 g/mol. The second-order valence-electron chi connectivity index (χ2n) is 9.36. The molecule has 1 aliphatic heterocycles. The number of Topliss-reactive ketones (excluding diaryl/α,β-unsaturated/α-hetero) is 1. The van der Waals surface area contributed by atoms with E-state index in [2.05, 4.69) is 23.6 Å². The summed E-state index contributed by atoms with van der Waals surface area (Å²) >= 11 is 0. The maximum atomic E-state index is 13.9. The molecule has 0 saturated heterocycles. The summed E-state index contributed by atoms with van der Waals surface area (Å²) in [4.78, 5) is 24.9. The molecule has 0 spiro atoms. The molecule has 186 valence electrons. The lowest BCUT2D eigenvalue weighted by Gasteiger charge is -2.39. The number of hydrogen-bond acceptors (Lipinski definition) is 8. The third-order valence-corrected chi connectivity index (χ3v) is 7.67. The predicted molar refractivity (Wildman–Crippen MR) is 136 cm³/mol. The number of hydrogen-bond donors (Lipinski definition) is 5. The molecule has 1 amide bonds. The number of carbonyl (C=O) groups is 2. The Labute approximate surface area is 205 Å². The van der Waals surface area contributed by atoms with Gasteiger partial charge in [0.1, 0.15) is 22.0 Å². The number of carbonyl (C=O) groups excluding carboxylic acids is 2. The summed E-state index contributed by atoms with van der Waals surface area (Å²) in [5.74, 6) is -0.832. The Hall–Kier alpha value is -3.34. The number of nitrogens with one attached hydrogen (secondary N) is 1. The van der Waals surface area contributed by atoms with Crippen LogP contribution in [-0.4, -0.2) is 38.3 Å². The Bertz CT molecular complexity index is 1270. The fourth-order valence-corrected chi connectivity index (χ4v) is 5.55. The molecule has 0 aromatic heterocycles. The zero-order valence-electron chi connectivity index (χ0n) is 19.7. The summed E-state index contributed by atoms with van der Waals surface area (Å²) < 4.78 is 31.0. The van der Waals surface area contributed by atoms with Crippen LogP contribution in [0.5, 0.6) is 5.75 Å². The number of ketones is 1. The second-order valence-corrected chi connectivity index (χ2v) is 11.0. The number of ether oxygens (including phenoxy) is 1. The summed E-state index contributed by atoms with van der Waals surface area (Å²) in [5.41, 5.74) is 5.61. The summed E-state index contributed by atoms with van der Waals surface area (Å²) in [7, 11) is -3.76. The van der Waals surface area contributed by atoms with Gasteiger partial charge in [-0.3, -0.25) is 18.7 Å². The molecule has 1 aliphatic carbocycles. The van der Waals surface area contributed by atoms with E-state index in [-0.39, 0.29) is 45.9 Å². The number of fused-ring (bicyclic) bond motifs is 2. The van der Waals surface area contributed by atoms with Gasteiger partial charge in [-0.05, 0) is 43.4 Å². The number of aliphatic hydroxyl groups is 1. The largest absolute Gasteiger partial charge is 0.506 e. The van der Waals surface area contributed by atoms with E-state index >= 15 is 0 Å². The van der Waals surface area contributed by atoms with E-state index in [0.29, 0.717) is 17.9 Å². The van der Waals surface area contributed by atoms with E-state index < -0.39 is 22.1 Å². The molecule has 0 unspecified atom stereocenters. The molecular weight excluding hydrogens is 470 g/mol.